The number of rotatable bonds is 3. The smallest absolute Gasteiger partial charge is 0.251 e. The van der Waals surface area contributed by atoms with Crippen molar-refractivity contribution in [3.63, 3.8) is 0 Å². The molecule has 2 rings (SSSR count). The van der Waals surface area contributed by atoms with E-state index in [0.717, 1.165) is 16.9 Å². The lowest BCUT2D eigenvalue weighted by atomic mass is 10.1. The normalized spacial score (nSPS) is 9.90. The van der Waals surface area contributed by atoms with Crippen molar-refractivity contribution < 1.29 is 5.11 Å². The van der Waals surface area contributed by atoms with Gasteiger partial charge in [0.05, 0.1) is 0 Å². The molecule has 0 saturated heterocycles. The van der Waals surface area contributed by atoms with Gasteiger partial charge in [0.25, 0.3) is 5.56 Å². The monoisotopic (exact) mass is 286 g/mol. The van der Waals surface area contributed by atoms with Crippen LogP contribution in [0.5, 0.6) is 0 Å². The molecule has 1 aromatic carbocycles. The number of hydrogen-bond donors (Lipinski definition) is 2. The second-order valence-electron chi connectivity index (χ2n) is 4.14. The van der Waals surface area contributed by atoms with E-state index in [1.165, 1.54) is 17.8 Å². The fourth-order valence-corrected chi connectivity index (χ4v) is 2.47. The minimum atomic E-state index is -0.135. The number of nitrogens with one attached hydrogen (secondary N) is 1. The first-order valence-electron chi connectivity index (χ1n) is 6.07. The summed E-state index contributed by atoms with van der Waals surface area (Å²) in [6, 6.07) is 9.24. The Hall–Kier alpha value is -2.03. The van der Waals surface area contributed by atoms with E-state index >= 15 is 0 Å². The number of thioether (sulfide) groups is 1. The van der Waals surface area contributed by atoms with Crippen molar-refractivity contribution in [1.82, 2.24) is 9.97 Å². The first-order valence-corrected chi connectivity index (χ1v) is 7.05. The fourth-order valence-electron chi connectivity index (χ4n) is 1.60. The quantitative estimate of drug-likeness (QED) is 0.512. The van der Waals surface area contributed by atoms with Crippen molar-refractivity contribution in [1.29, 1.82) is 0 Å². The third-order valence-corrected chi connectivity index (χ3v) is 3.43. The molecule has 2 N–H and O–H groups in total. The van der Waals surface area contributed by atoms with Crippen molar-refractivity contribution in [2.24, 2.45) is 0 Å². The summed E-state index contributed by atoms with van der Waals surface area (Å²) >= 11 is 1.48. The van der Waals surface area contributed by atoms with Gasteiger partial charge < -0.3 is 10.1 Å². The molecule has 0 aliphatic carbocycles. The van der Waals surface area contributed by atoms with Crippen LogP contribution in [-0.2, 0) is 5.75 Å². The third-order valence-electron chi connectivity index (χ3n) is 2.49. The first-order chi connectivity index (χ1) is 9.67. The topological polar surface area (TPSA) is 66.0 Å². The lowest BCUT2D eigenvalue weighted by Gasteiger charge is -2.02. The number of H-pyrrole nitrogens is 1. The van der Waals surface area contributed by atoms with Crippen LogP contribution in [-0.4, -0.2) is 21.7 Å². The van der Waals surface area contributed by atoms with E-state index in [0.29, 0.717) is 10.9 Å². The molecule has 20 heavy (non-hydrogen) atoms. The number of benzene rings is 1. The molecule has 0 unspecified atom stereocenters. The molecule has 0 spiro atoms. The van der Waals surface area contributed by atoms with E-state index in [4.69, 9.17) is 5.11 Å². The maximum Gasteiger partial charge on any atom is 0.251 e. The Morgan fingerprint density at radius 2 is 2.10 bits per heavy atom. The molecule has 1 heterocycles. The van der Waals surface area contributed by atoms with E-state index < -0.39 is 0 Å². The Balaban J connectivity index is 2.02. The lowest BCUT2D eigenvalue weighted by Crippen LogP contribution is -2.08. The SMILES string of the molecule is Cc1cc(=O)[nH]c(SCc2ccc(C#CCO)cc2)n1. The highest BCUT2D eigenvalue weighted by Crippen LogP contribution is 2.18. The highest BCUT2D eigenvalue weighted by Gasteiger charge is 2.00. The summed E-state index contributed by atoms with van der Waals surface area (Å²) in [7, 11) is 0. The van der Waals surface area contributed by atoms with Gasteiger partial charge in [-0.15, -0.1) is 0 Å². The van der Waals surface area contributed by atoms with Crippen LogP contribution in [0.15, 0.2) is 40.3 Å². The molecule has 0 amide bonds. The molecule has 102 valence electrons. The number of aromatic nitrogens is 2. The Kier molecular flexibility index (Phi) is 4.99. The number of aromatic amines is 1. The minimum absolute atomic E-state index is 0.130. The van der Waals surface area contributed by atoms with E-state index in [1.807, 2.05) is 24.3 Å². The Morgan fingerprint density at radius 3 is 2.75 bits per heavy atom. The van der Waals surface area contributed by atoms with Crippen LogP contribution in [0.1, 0.15) is 16.8 Å². The van der Waals surface area contributed by atoms with Gasteiger partial charge in [0, 0.05) is 23.1 Å². The summed E-state index contributed by atoms with van der Waals surface area (Å²) in [6.07, 6.45) is 0. The number of hydrogen-bond acceptors (Lipinski definition) is 4. The van der Waals surface area contributed by atoms with Gasteiger partial charge in [0.15, 0.2) is 5.16 Å². The standard InChI is InChI=1S/C15H14N2O2S/c1-11-9-14(19)17-15(16-11)20-10-13-6-4-12(5-7-13)3-2-8-18/h4-7,9,18H,8,10H2,1H3,(H,16,17,19). The summed E-state index contributed by atoms with van der Waals surface area (Å²) in [5, 5.41) is 9.25. The second kappa shape index (κ2) is 6.94. The van der Waals surface area contributed by atoms with Crippen LogP contribution in [0, 0.1) is 18.8 Å². The van der Waals surface area contributed by atoms with Gasteiger partial charge in [-0.05, 0) is 24.6 Å². The van der Waals surface area contributed by atoms with Gasteiger partial charge in [-0.3, -0.25) is 4.79 Å². The van der Waals surface area contributed by atoms with Gasteiger partial charge in [-0.1, -0.05) is 35.7 Å². The van der Waals surface area contributed by atoms with E-state index in [-0.39, 0.29) is 12.2 Å². The lowest BCUT2D eigenvalue weighted by molar-refractivity contribution is 0.350. The predicted octanol–water partition coefficient (Wildman–Crippen LogP) is 1.71. The molecular weight excluding hydrogens is 272 g/mol. The van der Waals surface area contributed by atoms with Crippen LogP contribution in [0.25, 0.3) is 0 Å². The van der Waals surface area contributed by atoms with Crippen LogP contribution in [0.2, 0.25) is 0 Å². The summed E-state index contributed by atoms with van der Waals surface area (Å²) in [5.74, 6) is 6.17. The van der Waals surface area contributed by atoms with E-state index in [2.05, 4.69) is 21.8 Å². The van der Waals surface area contributed by atoms with E-state index in [1.54, 1.807) is 6.92 Å². The average molecular weight is 286 g/mol. The average Bonchev–Trinajstić information content (AvgIpc) is 2.43. The number of aliphatic hydroxyl groups excluding tert-OH is 1. The summed E-state index contributed by atoms with van der Waals surface area (Å²) < 4.78 is 0. The number of aliphatic hydroxyl groups is 1. The van der Waals surface area contributed by atoms with Crippen molar-refractivity contribution >= 4 is 11.8 Å². The van der Waals surface area contributed by atoms with Crippen LogP contribution in [0.3, 0.4) is 0 Å². The molecule has 0 radical (unpaired) electrons. The zero-order valence-electron chi connectivity index (χ0n) is 11.0. The van der Waals surface area contributed by atoms with Crippen LogP contribution < -0.4 is 5.56 Å². The molecule has 1 aromatic heterocycles. The Bertz CT molecular complexity index is 696. The van der Waals surface area contributed by atoms with Gasteiger partial charge >= 0.3 is 0 Å². The Morgan fingerprint density at radius 1 is 1.35 bits per heavy atom. The molecule has 0 aliphatic heterocycles. The summed E-state index contributed by atoms with van der Waals surface area (Å²) in [5.41, 5.74) is 2.57. The zero-order chi connectivity index (χ0) is 14.4. The van der Waals surface area contributed by atoms with Crippen molar-refractivity contribution in [2.75, 3.05) is 6.61 Å². The fraction of sp³-hybridized carbons (Fsp3) is 0.200. The maximum absolute atomic E-state index is 11.3. The second-order valence-corrected chi connectivity index (χ2v) is 5.10. The minimum Gasteiger partial charge on any atom is -0.384 e. The van der Waals surface area contributed by atoms with Gasteiger partial charge in [-0.25, -0.2) is 4.98 Å². The molecular formula is C15H14N2O2S. The highest BCUT2D eigenvalue weighted by atomic mass is 32.2. The number of nitrogens with zero attached hydrogens (tertiary/aromatic N) is 1. The summed E-state index contributed by atoms with van der Waals surface area (Å²) in [4.78, 5) is 18.3. The third kappa shape index (κ3) is 4.26. The zero-order valence-corrected chi connectivity index (χ0v) is 11.8. The van der Waals surface area contributed by atoms with Gasteiger partial charge in [-0.2, -0.15) is 0 Å². The van der Waals surface area contributed by atoms with Crippen molar-refractivity contribution in [2.45, 2.75) is 17.8 Å². The molecule has 5 heteroatoms. The van der Waals surface area contributed by atoms with Gasteiger partial charge in [0.1, 0.15) is 6.61 Å². The molecule has 2 aromatic rings. The molecule has 0 saturated carbocycles. The first kappa shape index (κ1) is 14.4. The van der Waals surface area contributed by atoms with Crippen LogP contribution in [0.4, 0.5) is 0 Å². The largest absolute Gasteiger partial charge is 0.384 e. The molecule has 0 fully saturated rings. The number of aryl methyl sites for hydroxylation is 1. The van der Waals surface area contributed by atoms with Gasteiger partial charge in [0.2, 0.25) is 0 Å². The van der Waals surface area contributed by atoms with Crippen LogP contribution >= 0.6 is 11.8 Å². The maximum atomic E-state index is 11.3. The van der Waals surface area contributed by atoms with E-state index in [9.17, 15) is 4.79 Å². The van der Waals surface area contributed by atoms with Crippen molar-refractivity contribution in [3.05, 3.63) is 57.5 Å². The molecule has 4 nitrogen and oxygen atoms in total. The Labute approximate surface area is 121 Å². The molecule has 0 aliphatic rings. The molecule has 0 bridgehead atoms. The predicted molar refractivity (Wildman–Crippen MR) is 79.6 cm³/mol. The molecule has 0 atom stereocenters. The van der Waals surface area contributed by atoms with Crippen molar-refractivity contribution in [3.8, 4) is 11.8 Å². The highest BCUT2D eigenvalue weighted by molar-refractivity contribution is 7.98. The summed E-state index contributed by atoms with van der Waals surface area (Å²) in [6.45, 7) is 1.66.